The van der Waals surface area contributed by atoms with E-state index in [4.69, 9.17) is 5.73 Å². The number of carboxylic acids is 1. The first kappa shape index (κ1) is 46.6. The number of nitrogens with one attached hydrogen (secondary N) is 3. The fourth-order valence-electron chi connectivity index (χ4n) is 6.76. The summed E-state index contributed by atoms with van der Waals surface area (Å²) in [4.78, 5) is 88.0. The topological polar surface area (TPSA) is 227 Å². The Labute approximate surface area is 388 Å². The number of pyridine rings is 2. The first-order valence-corrected chi connectivity index (χ1v) is 18.5. The van der Waals surface area contributed by atoms with E-state index in [2.05, 4.69) is 25.3 Å². The number of aromatic nitrogens is 4. The van der Waals surface area contributed by atoms with Crippen molar-refractivity contribution >= 4 is 69.7 Å². The number of hydrogen-bond acceptors (Lipinski definition) is 10. The molecule has 6 aromatic rings. The molecule has 4 aromatic heterocycles. The number of carbonyl (C=O) groups is 6. The molecule has 2 saturated heterocycles. The van der Waals surface area contributed by atoms with Crippen LogP contribution >= 0.6 is 12.4 Å². The number of hydrogen-bond donors (Lipinski definition) is 4. The van der Waals surface area contributed by atoms with Crippen molar-refractivity contribution in [3.05, 3.63) is 132 Å². The van der Waals surface area contributed by atoms with E-state index in [1.807, 2.05) is 53.4 Å². The first-order valence-electron chi connectivity index (χ1n) is 18.5. The minimum absolute atomic E-state index is 0. The van der Waals surface area contributed by atoms with Crippen LogP contribution in [0.4, 0.5) is 0 Å². The summed E-state index contributed by atoms with van der Waals surface area (Å²) in [6.45, 7) is 3.91. The zero-order chi connectivity index (χ0) is 40.3. The number of nitrogens with zero attached hydrogens (tertiary/aromatic N) is 4. The van der Waals surface area contributed by atoms with Gasteiger partial charge in [-0.1, -0.05) is 36.4 Å². The number of H-pyrrole nitrogens is 2. The average Bonchev–Trinajstić information content (AvgIpc) is 4.09. The molecular formula is C42H42ClKN8O7. The van der Waals surface area contributed by atoms with Gasteiger partial charge in [-0.2, -0.15) is 0 Å². The Hall–Kier alpha value is -5.07. The van der Waals surface area contributed by atoms with Gasteiger partial charge in [0.2, 0.25) is 5.78 Å². The number of aromatic amines is 2. The monoisotopic (exact) mass is 844 g/mol. The number of halogens is 1. The van der Waals surface area contributed by atoms with Crippen LogP contribution in [0.25, 0.3) is 22.1 Å². The van der Waals surface area contributed by atoms with E-state index in [9.17, 15) is 33.9 Å². The molecule has 6 heterocycles. The maximum Gasteiger partial charge on any atom is 1.00 e. The van der Waals surface area contributed by atoms with Crippen LogP contribution in [0, 0.1) is 11.8 Å². The van der Waals surface area contributed by atoms with Gasteiger partial charge in [0.05, 0.1) is 11.1 Å². The predicted molar refractivity (Wildman–Crippen MR) is 216 cm³/mol. The normalized spacial score (nSPS) is 15.4. The first-order chi connectivity index (χ1) is 27.6. The van der Waals surface area contributed by atoms with Crippen LogP contribution in [0.2, 0.25) is 0 Å². The second kappa shape index (κ2) is 22.3. The number of ketones is 2. The van der Waals surface area contributed by atoms with Crippen LogP contribution in [0.3, 0.4) is 0 Å². The fraction of sp³-hybridized carbons (Fsp3) is 0.238. The molecule has 0 spiro atoms. The summed E-state index contributed by atoms with van der Waals surface area (Å²) >= 11 is 0. The van der Waals surface area contributed by atoms with Gasteiger partial charge in [-0.05, 0) is 79.8 Å². The molecule has 59 heavy (non-hydrogen) atoms. The Morgan fingerprint density at radius 3 is 1.59 bits per heavy atom. The molecule has 300 valence electrons. The third-order valence-electron chi connectivity index (χ3n) is 9.86. The van der Waals surface area contributed by atoms with E-state index < -0.39 is 23.4 Å². The second-order valence-electron chi connectivity index (χ2n) is 13.6. The molecule has 3 amide bonds. The molecule has 17 heteroatoms. The summed E-state index contributed by atoms with van der Waals surface area (Å²) in [5, 5.41) is 14.2. The molecule has 2 aliphatic heterocycles. The molecule has 5 N–H and O–H groups in total. The Balaban J connectivity index is 0.000000210. The van der Waals surface area contributed by atoms with Gasteiger partial charge >= 0.3 is 51.4 Å². The van der Waals surface area contributed by atoms with Gasteiger partial charge in [0, 0.05) is 79.4 Å². The largest absolute Gasteiger partial charge is 1.00 e. The van der Waals surface area contributed by atoms with Crippen molar-refractivity contribution < 1.29 is 85.3 Å². The van der Waals surface area contributed by atoms with Crippen molar-refractivity contribution in [1.82, 2.24) is 35.1 Å². The van der Waals surface area contributed by atoms with Crippen LogP contribution in [0.5, 0.6) is 0 Å². The minimum atomic E-state index is -1.71. The van der Waals surface area contributed by atoms with E-state index >= 15 is 0 Å². The van der Waals surface area contributed by atoms with Crippen LogP contribution in [-0.2, 0) is 9.59 Å². The Bertz CT molecular complexity index is 2390. The molecule has 0 bridgehead atoms. The van der Waals surface area contributed by atoms with Gasteiger partial charge in [0.25, 0.3) is 23.5 Å². The number of aliphatic carboxylic acids is 1. The standard InChI is InChI=1S/C21H20N4O3.C12H16N2O.C9H6N2O3.ClH.K/c26-18(17-12-23-19-16(17)7-4-9-22-19)20(27)24-11-14-8-10-25(13-14)21(28)15-5-2-1-3-6-15;13-8-10-6-7-14(9-10)12(15)11-4-2-1-3-5-11;12-7(9(13)14)6-4-11-8-5(6)2-1-3-10-8;;/h1-7,9,12,14H,8,10-11,13H2,(H,22,23)(H,24,27);1-5,10H,6-9,13H2;1-4H,(H,10,11)(H,13,14);1H;/q;;;;+1/p-1. The number of likely N-dealkylation sites (tertiary alicyclic amines) is 2. The molecule has 2 aliphatic rings. The number of carboxylic acid groups (broad SMARTS) is 1. The quantitative estimate of drug-likeness (QED) is 0.0869. The van der Waals surface area contributed by atoms with Crippen molar-refractivity contribution in [3.8, 4) is 0 Å². The Kier molecular flexibility index (Phi) is 17.6. The Morgan fingerprint density at radius 1 is 0.678 bits per heavy atom. The van der Waals surface area contributed by atoms with Crippen molar-refractivity contribution in [3.63, 3.8) is 0 Å². The maximum atomic E-state index is 12.5. The summed E-state index contributed by atoms with van der Waals surface area (Å²) in [5.41, 5.74) is 8.48. The molecule has 8 rings (SSSR count). The number of carbonyl (C=O) groups excluding carboxylic acids is 6. The molecule has 2 atom stereocenters. The van der Waals surface area contributed by atoms with Crippen molar-refractivity contribution in [2.75, 3.05) is 39.3 Å². The van der Waals surface area contributed by atoms with Crippen molar-refractivity contribution in [2.45, 2.75) is 12.8 Å². The summed E-state index contributed by atoms with van der Waals surface area (Å²) in [6.07, 6.45) is 7.83. The second-order valence-corrected chi connectivity index (χ2v) is 13.6. The maximum absolute atomic E-state index is 12.5. The molecular weight excluding hydrogens is 803 g/mol. The van der Waals surface area contributed by atoms with Crippen LogP contribution in [0.15, 0.2) is 110 Å². The van der Waals surface area contributed by atoms with Gasteiger partial charge in [-0.25, -0.2) is 9.97 Å². The molecule has 2 aromatic carbocycles. The number of benzene rings is 2. The van der Waals surface area contributed by atoms with E-state index in [0.717, 1.165) is 31.5 Å². The third-order valence-corrected chi connectivity index (χ3v) is 9.86. The fourth-order valence-corrected chi connectivity index (χ4v) is 6.76. The van der Waals surface area contributed by atoms with Crippen molar-refractivity contribution in [2.24, 2.45) is 17.6 Å². The van der Waals surface area contributed by atoms with Gasteiger partial charge in [0.1, 0.15) is 17.3 Å². The Morgan fingerprint density at radius 2 is 1.14 bits per heavy atom. The number of rotatable bonds is 9. The third kappa shape index (κ3) is 11.8. The molecule has 0 aliphatic carbocycles. The van der Waals surface area contributed by atoms with Gasteiger partial charge < -0.3 is 40.7 Å². The SMILES string of the molecule is Cl.NCC1CCN(C(=O)c2ccccc2)C1.O=C(NCC1CCN(C(=O)c2ccccc2)C1)C(=O)c1c[nH]c2ncccc12.O=C([O-])C(=O)c1c[nH]c2ncccc12.[K+]. The van der Waals surface area contributed by atoms with Crippen molar-refractivity contribution in [1.29, 1.82) is 0 Å². The van der Waals surface area contributed by atoms with E-state index in [1.165, 1.54) is 12.4 Å². The van der Waals surface area contributed by atoms with E-state index in [0.29, 0.717) is 65.3 Å². The molecule has 0 radical (unpaired) electrons. The van der Waals surface area contributed by atoms with Crippen LogP contribution < -0.4 is 67.5 Å². The van der Waals surface area contributed by atoms with Crippen LogP contribution in [0.1, 0.15) is 54.3 Å². The van der Waals surface area contributed by atoms with Gasteiger partial charge in [0.15, 0.2) is 0 Å². The number of amides is 3. The number of fused-ring (bicyclic) bond motifs is 2. The minimum Gasteiger partial charge on any atom is -0.541 e. The smallest absolute Gasteiger partial charge is 0.541 e. The van der Waals surface area contributed by atoms with E-state index in [1.54, 1.807) is 53.7 Å². The molecule has 2 unspecified atom stereocenters. The van der Waals surface area contributed by atoms with Gasteiger partial charge in [-0.15, -0.1) is 12.4 Å². The zero-order valence-electron chi connectivity index (χ0n) is 32.3. The average molecular weight is 845 g/mol. The predicted octanol–water partition coefficient (Wildman–Crippen LogP) is 0.0528. The molecule has 2 fully saturated rings. The van der Waals surface area contributed by atoms with Gasteiger partial charge in [-0.3, -0.25) is 24.0 Å². The molecule has 15 nitrogen and oxygen atoms in total. The summed E-state index contributed by atoms with van der Waals surface area (Å²) < 4.78 is 0. The number of nitrogens with two attached hydrogens (primary N) is 1. The van der Waals surface area contributed by atoms with E-state index in [-0.39, 0.29) is 87.1 Å². The number of Topliss-reactive ketones (excluding diaryl/α,β-unsaturated/α-hetero) is 2. The summed E-state index contributed by atoms with van der Waals surface area (Å²) in [6, 6.07) is 25.3. The summed E-state index contributed by atoms with van der Waals surface area (Å²) in [5.74, 6) is -3.24. The van der Waals surface area contributed by atoms with Crippen LogP contribution in [-0.4, -0.2) is 104 Å². The summed E-state index contributed by atoms with van der Waals surface area (Å²) in [7, 11) is 0. The molecule has 0 saturated carbocycles. The zero-order valence-corrected chi connectivity index (χ0v) is 36.3.